The summed E-state index contributed by atoms with van der Waals surface area (Å²) in [6.07, 6.45) is 1.74. The second-order valence-electron chi connectivity index (χ2n) is 2.34. The van der Waals surface area contributed by atoms with E-state index in [4.69, 9.17) is 0 Å². The van der Waals surface area contributed by atoms with Crippen LogP contribution in [0.5, 0.6) is 0 Å². The molecule has 0 spiro atoms. The number of carbonyl (C=O) groups is 1. The quantitative estimate of drug-likeness (QED) is 0.586. The Labute approximate surface area is 94.3 Å². The van der Waals surface area contributed by atoms with Crippen LogP contribution in [0.2, 0.25) is 0 Å². The SMILES string of the molecule is Cc1cnc(N(C)C(=O)C#CI)s1. The number of rotatable bonds is 1. The van der Waals surface area contributed by atoms with Gasteiger partial charge in [0.25, 0.3) is 0 Å². The first kappa shape index (κ1) is 10.5. The first-order valence-electron chi connectivity index (χ1n) is 3.47. The molecule has 0 bridgehead atoms. The Hall–Kier alpha value is -0.610. The summed E-state index contributed by atoms with van der Waals surface area (Å²) in [7, 11) is 1.67. The van der Waals surface area contributed by atoms with Crippen molar-refractivity contribution >= 4 is 45.0 Å². The molecular formula is C8H7IN2OS. The third-order valence-corrected chi connectivity index (χ3v) is 2.61. The van der Waals surface area contributed by atoms with Gasteiger partial charge in [0, 0.05) is 46.6 Å². The van der Waals surface area contributed by atoms with Crippen LogP contribution >= 0.6 is 33.9 Å². The summed E-state index contributed by atoms with van der Waals surface area (Å²) >= 11 is 3.31. The number of carbonyl (C=O) groups excluding carboxylic acids is 1. The molecule has 0 aliphatic carbocycles. The lowest BCUT2D eigenvalue weighted by molar-refractivity contribution is -0.113. The van der Waals surface area contributed by atoms with E-state index in [1.54, 1.807) is 13.2 Å². The van der Waals surface area contributed by atoms with Crippen molar-refractivity contribution < 1.29 is 4.79 Å². The third-order valence-electron chi connectivity index (χ3n) is 1.35. The second-order valence-corrected chi connectivity index (χ2v) is 4.09. The van der Waals surface area contributed by atoms with E-state index in [1.165, 1.54) is 16.2 Å². The molecule has 0 N–H and O–H groups in total. The highest BCUT2D eigenvalue weighted by Crippen LogP contribution is 2.19. The molecule has 0 aliphatic rings. The molecule has 0 unspecified atom stereocenters. The molecule has 3 nitrogen and oxygen atoms in total. The van der Waals surface area contributed by atoms with E-state index in [0.29, 0.717) is 5.13 Å². The van der Waals surface area contributed by atoms with Crippen molar-refractivity contribution in [2.45, 2.75) is 6.92 Å². The molecule has 1 aromatic heterocycles. The summed E-state index contributed by atoms with van der Waals surface area (Å²) in [5.41, 5.74) is 0. The Morgan fingerprint density at radius 1 is 1.77 bits per heavy atom. The second kappa shape index (κ2) is 4.58. The fourth-order valence-corrected chi connectivity index (χ4v) is 1.66. The van der Waals surface area contributed by atoms with Crippen LogP contribution in [0.15, 0.2) is 6.20 Å². The highest BCUT2D eigenvalue weighted by molar-refractivity contribution is 14.1. The zero-order chi connectivity index (χ0) is 9.84. The van der Waals surface area contributed by atoms with Crippen molar-refractivity contribution in [2.24, 2.45) is 0 Å². The van der Waals surface area contributed by atoms with E-state index in [1.807, 2.05) is 29.5 Å². The van der Waals surface area contributed by atoms with Gasteiger partial charge in [0.1, 0.15) is 0 Å². The molecule has 0 aromatic carbocycles. The summed E-state index contributed by atoms with van der Waals surface area (Å²) in [4.78, 5) is 17.9. The molecule has 68 valence electrons. The first-order valence-corrected chi connectivity index (χ1v) is 5.36. The van der Waals surface area contributed by atoms with Gasteiger partial charge >= 0.3 is 5.91 Å². The molecule has 0 aliphatic heterocycles. The van der Waals surface area contributed by atoms with Crippen LogP contribution in [0.3, 0.4) is 0 Å². The Balaban J connectivity index is 2.83. The molecule has 0 radical (unpaired) electrons. The molecule has 13 heavy (non-hydrogen) atoms. The molecular weight excluding hydrogens is 299 g/mol. The number of hydrogen-bond acceptors (Lipinski definition) is 3. The topological polar surface area (TPSA) is 33.2 Å². The summed E-state index contributed by atoms with van der Waals surface area (Å²) in [5, 5.41) is 0.682. The summed E-state index contributed by atoms with van der Waals surface area (Å²) in [6, 6.07) is 0. The average molecular weight is 306 g/mol. The van der Waals surface area contributed by atoms with Crippen molar-refractivity contribution in [2.75, 3.05) is 11.9 Å². The fourth-order valence-electron chi connectivity index (χ4n) is 0.709. The molecule has 0 saturated carbocycles. The number of anilines is 1. The Kier molecular flexibility index (Phi) is 3.69. The first-order chi connectivity index (χ1) is 6.15. The minimum absolute atomic E-state index is 0.233. The van der Waals surface area contributed by atoms with E-state index >= 15 is 0 Å². The minimum Gasteiger partial charge on any atom is -0.280 e. The monoisotopic (exact) mass is 306 g/mol. The summed E-state index contributed by atoms with van der Waals surface area (Å²) in [6.45, 7) is 1.95. The average Bonchev–Trinajstić information content (AvgIpc) is 2.51. The van der Waals surface area contributed by atoms with Crippen molar-refractivity contribution in [1.82, 2.24) is 4.98 Å². The van der Waals surface area contributed by atoms with Crippen LogP contribution in [0.25, 0.3) is 0 Å². The fraction of sp³-hybridized carbons (Fsp3) is 0.250. The maximum atomic E-state index is 11.3. The van der Waals surface area contributed by atoms with Gasteiger partial charge in [0.2, 0.25) is 0 Å². The largest absolute Gasteiger partial charge is 0.305 e. The number of hydrogen-bond donors (Lipinski definition) is 0. The van der Waals surface area contributed by atoms with Crippen LogP contribution in [0, 0.1) is 16.8 Å². The van der Waals surface area contributed by atoms with Gasteiger partial charge in [-0.05, 0) is 10.9 Å². The van der Waals surface area contributed by atoms with Gasteiger partial charge in [-0.2, -0.15) is 0 Å². The molecule has 5 heteroatoms. The van der Waals surface area contributed by atoms with E-state index in [0.717, 1.165) is 4.88 Å². The molecule has 0 fully saturated rings. The van der Waals surface area contributed by atoms with E-state index in [9.17, 15) is 4.79 Å². The highest BCUT2D eigenvalue weighted by atomic mass is 127. The lowest BCUT2D eigenvalue weighted by Gasteiger charge is -2.08. The van der Waals surface area contributed by atoms with Gasteiger partial charge in [-0.3, -0.25) is 9.69 Å². The van der Waals surface area contributed by atoms with Crippen molar-refractivity contribution in [3.8, 4) is 9.85 Å². The molecule has 1 heterocycles. The number of amides is 1. The smallest absolute Gasteiger partial charge is 0.280 e. The molecule has 1 aromatic rings. The maximum Gasteiger partial charge on any atom is 0.305 e. The highest BCUT2D eigenvalue weighted by Gasteiger charge is 2.10. The third kappa shape index (κ3) is 2.67. The Morgan fingerprint density at radius 3 is 2.92 bits per heavy atom. The standard InChI is InChI=1S/C8H7IN2OS/c1-6-5-10-8(13-6)11(2)7(12)3-4-9/h5H,1-2H3. The van der Waals surface area contributed by atoms with Crippen molar-refractivity contribution in [3.05, 3.63) is 11.1 Å². The summed E-state index contributed by atoms with van der Waals surface area (Å²) < 4.78 is 2.53. The van der Waals surface area contributed by atoms with Crippen LogP contribution in [-0.4, -0.2) is 17.9 Å². The predicted octanol–water partition coefficient (Wildman–Crippen LogP) is 1.81. The normalized spacial score (nSPS) is 8.85. The number of halogens is 1. The zero-order valence-electron chi connectivity index (χ0n) is 7.17. The summed E-state index contributed by atoms with van der Waals surface area (Å²) in [5.74, 6) is 2.21. The van der Waals surface area contributed by atoms with Crippen LogP contribution in [-0.2, 0) is 4.79 Å². The Bertz CT molecular complexity index is 377. The molecule has 0 atom stereocenters. The number of nitrogens with zero attached hydrogens (tertiary/aromatic N) is 2. The van der Waals surface area contributed by atoms with Gasteiger partial charge in [-0.15, -0.1) is 11.3 Å². The van der Waals surface area contributed by atoms with Crippen molar-refractivity contribution in [3.63, 3.8) is 0 Å². The number of aryl methyl sites for hydroxylation is 1. The molecule has 0 saturated heterocycles. The van der Waals surface area contributed by atoms with E-state index in [2.05, 4.69) is 14.8 Å². The molecule has 1 amide bonds. The number of thiazole rings is 1. The van der Waals surface area contributed by atoms with Gasteiger partial charge in [-0.25, -0.2) is 4.98 Å². The van der Waals surface area contributed by atoms with Crippen molar-refractivity contribution in [1.29, 1.82) is 0 Å². The van der Waals surface area contributed by atoms with Gasteiger partial charge in [0.05, 0.1) is 0 Å². The van der Waals surface area contributed by atoms with Crippen LogP contribution in [0.4, 0.5) is 5.13 Å². The maximum absolute atomic E-state index is 11.3. The predicted molar refractivity (Wildman–Crippen MR) is 62.1 cm³/mol. The lowest BCUT2D eigenvalue weighted by Crippen LogP contribution is -2.24. The lowest BCUT2D eigenvalue weighted by atomic mass is 10.6. The van der Waals surface area contributed by atoms with Gasteiger partial charge in [0.15, 0.2) is 5.13 Å². The van der Waals surface area contributed by atoms with E-state index < -0.39 is 0 Å². The minimum atomic E-state index is -0.233. The van der Waals surface area contributed by atoms with Gasteiger partial charge < -0.3 is 0 Å². The molecule has 1 rings (SSSR count). The van der Waals surface area contributed by atoms with E-state index in [-0.39, 0.29) is 5.91 Å². The zero-order valence-corrected chi connectivity index (χ0v) is 10.1. The number of aromatic nitrogens is 1. The van der Waals surface area contributed by atoms with Gasteiger partial charge in [-0.1, -0.05) is 0 Å². The van der Waals surface area contributed by atoms with Crippen LogP contribution < -0.4 is 4.90 Å². The van der Waals surface area contributed by atoms with Crippen LogP contribution in [0.1, 0.15) is 4.88 Å². The Morgan fingerprint density at radius 2 is 2.46 bits per heavy atom.